The molecule has 0 amide bonds. The van der Waals surface area contributed by atoms with Crippen LogP contribution in [0.3, 0.4) is 0 Å². The van der Waals surface area contributed by atoms with E-state index >= 15 is 0 Å². The van der Waals surface area contributed by atoms with Gasteiger partial charge in [-0.15, -0.1) is 0 Å². The zero-order valence-corrected chi connectivity index (χ0v) is 13.8. The molecule has 0 aliphatic rings. The molecule has 0 heterocycles. The van der Waals surface area contributed by atoms with Crippen molar-refractivity contribution < 1.29 is 9.84 Å². The second-order valence-corrected chi connectivity index (χ2v) is 5.69. The fraction of sp³-hybridized carbons (Fsp3) is 0.0714. The highest BCUT2D eigenvalue weighted by Gasteiger charge is 2.06. The van der Waals surface area contributed by atoms with Crippen LogP contribution in [-0.4, -0.2) is 18.4 Å². The second-order valence-electron chi connectivity index (χ2n) is 3.92. The number of aromatic hydroxyl groups is 1. The van der Waals surface area contributed by atoms with Crippen molar-refractivity contribution in [2.75, 3.05) is 12.5 Å². The minimum absolute atomic E-state index is 0.0809. The number of ether oxygens (including phenoxy) is 1. The molecule has 0 aliphatic carbocycles. The summed E-state index contributed by atoms with van der Waals surface area (Å²) in [5.74, 6) is 0.482. The number of anilines is 1. The van der Waals surface area contributed by atoms with E-state index in [4.69, 9.17) is 4.74 Å². The molecular formula is C14H12Br2N2O2. The molecule has 104 valence electrons. The van der Waals surface area contributed by atoms with Gasteiger partial charge >= 0.3 is 0 Å². The quantitative estimate of drug-likeness (QED) is 0.592. The molecule has 0 saturated heterocycles. The molecule has 0 fully saturated rings. The Hall–Kier alpha value is -1.53. The number of halogens is 2. The summed E-state index contributed by atoms with van der Waals surface area (Å²) in [7, 11) is 1.50. The van der Waals surface area contributed by atoms with E-state index in [1.54, 1.807) is 18.3 Å². The zero-order valence-electron chi connectivity index (χ0n) is 10.6. The summed E-state index contributed by atoms with van der Waals surface area (Å²) in [6, 6.07) is 10.9. The summed E-state index contributed by atoms with van der Waals surface area (Å²) in [6.45, 7) is 0. The Bertz CT molecular complexity index is 628. The molecule has 2 aromatic rings. The Morgan fingerprint density at radius 1 is 1.20 bits per heavy atom. The highest BCUT2D eigenvalue weighted by molar-refractivity contribution is 9.10. The van der Waals surface area contributed by atoms with Crippen molar-refractivity contribution in [3.63, 3.8) is 0 Å². The van der Waals surface area contributed by atoms with Crippen molar-refractivity contribution in [2.24, 2.45) is 5.10 Å². The van der Waals surface area contributed by atoms with E-state index in [1.807, 2.05) is 24.3 Å². The van der Waals surface area contributed by atoms with Crippen molar-refractivity contribution >= 4 is 43.8 Å². The minimum Gasteiger partial charge on any atom is -0.504 e. The number of rotatable bonds is 4. The van der Waals surface area contributed by atoms with Crippen LogP contribution < -0.4 is 10.2 Å². The molecule has 6 heteroatoms. The first-order valence-electron chi connectivity index (χ1n) is 5.71. The predicted molar refractivity (Wildman–Crippen MR) is 87.7 cm³/mol. The largest absolute Gasteiger partial charge is 0.504 e. The van der Waals surface area contributed by atoms with Gasteiger partial charge in [0.25, 0.3) is 0 Å². The number of nitrogens with zero attached hydrogens (tertiary/aromatic N) is 1. The average Bonchev–Trinajstić information content (AvgIpc) is 2.43. The van der Waals surface area contributed by atoms with Gasteiger partial charge in [-0.2, -0.15) is 5.10 Å². The van der Waals surface area contributed by atoms with Crippen molar-refractivity contribution in [1.29, 1.82) is 0 Å². The SMILES string of the molecule is COc1cc(/C=N/Nc2ccc(Br)cc2)c(Br)cc1O. The summed E-state index contributed by atoms with van der Waals surface area (Å²) in [6.07, 6.45) is 1.65. The van der Waals surface area contributed by atoms with Crippen LogP contribution in [0.4, 0.5) is 5.69 Å². The zero-order chi connectivity index (χ0) is 14.5. The molecule has 0 saturated carbocycles. The van der Waals surface area contributed by atoms with Gasteiger partial charge in [-0.05, 0) is 52.3 Å². The van der Waals surface area contributed by atoms with Crippen LogP contribution in [0.1, 0.15) is 5.56 Å². The van der Waals surface area contributed by atoms with Crippen LogP contribution in [0.25, 0.3) is 0 Å². The maximum absolute atomic E-state index is 9.63. The van der Waals surface area contributed by atoms with Crippen molar-refractivity contribution in [2.45, 2.75) is 0 Å². The summed E-state index contributed by atoms with van der Waals surface area (Å²) in [5.41, 5.74) is 4.60. The number of hydrazone groups is 1. The maximum Gasteiger partial charge on any atom is 0.161 e. The van der Waals surface area contributed by atoms with Gasteiger partial charge in [0.1, 0.15) is 0 Å². The van der Waals surface area contributed by atoms with Crippen molar-refractivity contribution in [3.05, 3.63) is 50.9 Å². The third-order valence-electron chi connectivity index (χ3n) is 2.54. The first-order chi connectivity index (χ1) is 9.60. The number of hydrogen-bond acceptors (Lipinski definition) is 4. The second kappa shape index (κ2) is 6.76. The molecule has 4 nitrogen and oxygen atoms in total. The lowest BCUT2D eigenvalue weighted by Gasteiger charge is -2.06. The van der Waals surface area contributed by atoms with Crippen LogP contribution in [0.5, 0.6) is 11.5 Å². The Balaban J connectivity index is 2.13. The van der Waals surface area contributed by atoms with Crippen LogP contribution in [0.15, 0.2) is 50.4 Å². The standard InChI is InChI=1S/C14H12Br2N2O2/c1-20-14-6-9(12(16)7-13(14)19)8-17-18-11-4-2-10(15)3-5-11/h2-8,18-19H,1H3/b17-8+. The van der Waals surface area contributed by atoms with Crippen molar-refractivity contribution in [3.8, 4) is 11.5 Å². The monoisotopic (exact) mass is 398 g/mol. The number of phenolic OH excluding ortho intramolecular Hbond substituents is 1. The molecule has 0 atom stereocenters. The molecule has 0 radical (unpaired) electrons. The lowest BCUT2D eigenvalue weighted by molar-refractivity contribution is 0.373. The molecule has 0 bridgehead atoms. The molecule has 0 aromatic heterocycles. The maximum atomic E-state index is 9.63. The molecule has 0 spiro atoms. The van der Waals surface area contributed by atoms with Gasteiger partial charge in [-0.25, -0.2) is 0 Å². The van der Waals surface area contributed by atoms with E-state index in [-0.39, 0.29) is 5.75 Å². The predicted octanol–water partition coefficient (Wildman–Crippen LogP) is 4.37. The van der Waals surface area contributed by atoms with Gasteiger partial charge < -0.3 is 9.84 Å². The van der Waals surface area contributed by atoms with E-state index in [1.165, 1.54) is 7.11 Å². The van der Waals surface area contributed by atoms with Gasteiger partial charge in [0, 0.05) is 14.5 Å². The highest BCUT2D eigenvalue weighted by Crippen LogP contribution is 2.31. The molecular weight excluding hydrogens is 388 g/mol. The average molecular weight is 400 g/mol. The summed E-state index contributed by atoms with van der Waals surface area (Å²) in [4.78, 5) is 0. The van der Waals surface area contributed by atoms with E-state index < -0.39 is 0 Å². The summed E-state index contributed by atoms with van der Waals surface area (Å²) < 4.78 is 6.81. The van der Waals surface area contributed by atoms with E-state index in [2.05, 4.69) is 42.4 Å². The van der Waals surface area contributed by atoms with Crippen molar-refractivity contribution in [1.82, 2.24) is 0 Å². The highest BCUT2D eigenvalue weighted by atomic mass is 79.9. The number of methoxy groups -OCH3 is 1. The first-order valence-corrected chi connectivity index (χ1v) is 7.30. The van der Waals surface area contributed by atoms with Crippen LogP contribution in [0.2, 0.25) is 0 Å². The Morgan fingerprint density at radius 2 is 1.90 bits per heavy atom. The minimum atomic E-state index is 0.0809. The molecule has 0 aliphatic heterocycles. The van der Waals surface area contributed by atoms with Crippen LogP contribution in [0, 0.1) is 0 Å². The molecule has 20 heavy (non-hydrogen) atoms. The number of benzene rings is 2. The van der Waals surface area contributed by atoms with Crippen LogP contribution >= 0.6 is 31.9 Å². The fourth-order valence-electron chi connectivity index (χ4n) is 1.52. The molecule has 0 unspecified atom stereocenters. The van der Waals surface area contributed by atoms with Gasteiger partial charge in [0.15, 0.2) is 11.5 Å². The summed E-state index contributed by atoms with van der Waals surface area (Å²) in [5, 5.41) is 13.8. The molecule has 2 rings (SSSR count). The number of phenols is 1. The Morgan fingerprint density at radius 3 is 2.55 bits per heavy atom. The lowest BCUT2D eigenvalue weighted by Crippen LogP contribution is -1.93. The van der Waals surface area contributed by atoms with Gasteiger partial charge in [0.05, 0.1) is 19.0 Å². The van der Waals surface area contributed by atoms with Crippen LogP contribution in [-0.2, 0) is 0 Å². The van der Waals surface area contributed by atoms with E-state index in [9.17, 15) is 5.11 Å². The van der Waals surface area contributed by atoms with E-state index in [0.29, 0.717) is 5.75 Å². The summed E-state index contributed by atoms with van der Waals surface area (Å²) >= 11 is 6.74. The normalized spacial score (nSPS) is 10.8. The van der Waals surface area contributed by atoms with E-state index in [0.717, 1.165) is 20.2 Å². The Kier molecular flexibility index (Phi) is 5.03. The molecule has 2 aromatic carbocycles. The number of hydrogen-bond donors (Lipinski definition) is 2. The lowest BCUT2D eigenvalue weighted by atomic mass is 10.2. The number of nitrogens with one attached hydrogen (secondary N) is 1. The third kappa shape index (κ3) is 3.74. The van der Waals surface area contributed by atoms with Gasteiger partial charge in [-0.1, -0.05) is 15.9 Å². The molecule has 2 N–H and O–H groups in total. The van der Waals surface area contributed by atoms with Gasteiger partial charge in [0.2, 0.25) is 0 Å². The smallest absolute Gasteiger partial charge is 0.161 e. The first kappa shape index (κ1) is 14.9. The van der Waals surface area contributed by atoms with Gasteiger partial charge in [-0.3, -0.25) is 5.43 Å². The Labute approximate surface area is 133 Å². The topological polar surface area (TPSA) is 53.8 Å². The third-order valence-corrected chi connectivity index (χ3v) is 3.76. The fourth-order valence-corrected chi connectivity index (χ4v) is 2.22.